The van der Waals surface area contributed by atoms with Crippen molar-refractivity contribution in [3.8, 4) is 0 Å². The van der Waals surface area contributed by atoms with Gasteiger partial charge in [0, 0.05) is 18.5 Å². The Morgan fingerprint density at radius 1 is 1.10 bits per heavy atom. The second-order valence-corrected chi connectivity index (χ2v) is 6.67. The maximum Gasteiger partial charge on any atom is 0.310 e. The number of piperidine rings is 3. The molecule has 0 aromatic heterocycles. The van der Waals surface area contributed by atoms with Crippen molar-refractivity contribution in [3.63, 3.8) is 0 Å². The van der Waals surface area contributed by atoms with Crippen LogP contribution >= 0.6 is 0 Å². The number of nitrogens with zero attached hydrogens (tertiary/aromatic N) is 1. The highest BCUT2D eigenvalue weighted by Crippen LogP contribution is 2.31. The van der Waals surface area contributed by atoms with Gasteiger partial charge in [-0.15, -0.1) is 0 Å². The van der Waals surface area contributed by atoms with Gasteiger partial charge in [0.2, 0.25) is 0 Å². The summed E-state index contributed by atoms with van der Waals surface area (Å²) in [4.78, 5) is 14.8. The van der Waals surface area contributed by atoms with Gasteiger partial charge in [-0.1, -0.05) is 6.42 Å². The first-order valence-corrected chi connectivity index (χ1v) is 8.46. The van der Waals surface area contributed by atoms with E-state index in [1.165, 1.54) is 45.2 Å². The number of esters is 1. The van der Waals surface area contributed by atoms with Gasteiger partial charge >= 0.3 is 5.97 Å². The minimum absolute atomic E-state index is 0.0325. The molecule has 4 heteroatoms. The van der Waals surface area contributed by atoms with Gasteiger partial charge in [-0.2, -0.15) is 0 Å². The Labute approximate surface area is 122 Å². The molecule has 0 bridgehead atoms. The zero-order valence-corrected chi connectivity index (χ0v) is 12.5. The number of hydrogen-bond donors (Lipinski definition) is 1. The molecule has 0 spiro atoms. The summed E-state index contributed by atoms with van der Waals surface area (Å²) in [5, 5.41) is 3.29. The number of hydrogen-bond acceptors (Lipinski definition) is 4. The monoisotopic (exact) mass is 280 g/mol. The molecule has 0 unspecified atom stereocenters. The molecule has 1 N–H and O–H groups in total. The molecule has 0 aliphatic carbocycles. The maximum absolute atomic E-state index is 12.1. The number of rotatable bonds is 3. The number of carbonyl (C=O) groups excluding carboxylic acids is 1. The minimum Gasteiger partial charge on any atom is -0.465 e. The van der Waals surface area contributed by atoms with E-state index in [1.54, 1.807) is 0 Å². The van der Waals surface area contributed by atoms with Gasteiger partial charge in [0.05, 0.1) is 12.5 Å². The van der Waals surface area contributed by atoms with E-state index >= 15 is 0 Å². The Bertz CT molecular complexity index is 326. The molecule has 0 aromatic rings. The zero-order chi connectivity index (χ0) is 13.8. The molecular weight excluding hydrogens is 252 g/mol. The lowest BCUT2D eigenvalue weighted by atomic mass is 9.84. The fraction of sp³-hybridized carbons (Fsp3) is 0.938. The van der Waals surface area contributed by atoms with Crippen LogP contribution in [-0.2, 0) is 9.53 Å². The average Bonchev–Trinajstić information content (AvgIpc) is 2.53. The summed E-state index contributed by atoms with van der Waals surface area (Å²) in [6.07, 6.45) is 8.58. The summed E-state index contributed by atoms with van der Waals surface area (Å²) in [5.74, 6) is 0.699. The normalized spacial score (nSPS) is 35.3. The Hall–Kier alpha value is -0.610. The quantitative estimate of drug-likeness (QED) is 0.800. The van der Waals surface area contributed by atoms with Crippen LogP contribution in [0.25, 0.3) is 0 Å². The lowest BCUT2D eigenvalue weighted by molar-refractivity contribution is -0.152. The summed E-state index contributed by atoms with van der Waals surface area (Å²) in [6, 6.07) is 0.676. The van der Waals surface area contributed by atoms with Gasteiger partial charge in [0.15, 0.2) is 0 Å². The fourth-order valence-electron chi connectivity index (χ4n) is 4.13. The second kappa shape index (κ2) is 6.90. The molecule has 0 saturated carbocycles. The molecule has 3 heterocycles. The molecule has 3 rings (SSSR count). The highest BCUT2D eigenvalue weighted by atomic mass is 16.5. The molecule has 4 nitrogen and oxygen atoms in total. The van der Waals surface area contributed by atoms with Crippen molar-refractivity contribution >= 4 is 5.97 Å². The van der Waals surface area contributed by atoms with E-state index in [-0.39, 0.29) is 11.9 Å². The Balaban J connectivity index is 1.48. The molecule has 0 aromatic carbocycles. The first kappa shape index (κ1) is 14.3. The molecule has 3 fully saturated rings. The zero-order valence-electron chi connectivity index (χ0n) is 12.5. The van der Waals surface area contributed by atoms with Gasteiger partial charge in [-0.3, -0.25) is 9.69 Å². The van der Waals surface area contributed by atoms with E-state index in [0.717, 1.165) is 25.9 Å². The average molecular weight is 280 g/mol. The predicted molar refractivity (Wildman–Crippen MR) is 78.5 cm³/mol. The molecule has 0 radical (unpaired) electrons. The number of carbonyl (C=O) groups is 1. The van der Waals surface area contributed by atoms with Crippen LogP contribution in [0.3, 0.4) is 0 Å². The third-order valence-corrected chi connectivity index (χ3v) is 5.30. The van der Waals surface area contributed by atoms with E-state index in [2.05, 4.69) is 10.2 Å². The number of nitrogens with one attached hydrogen (secondary N) is 1. The van der Waals surface area contributed by atoms with Crippen LogP contribution < -0.4 is 5.32 Å². The van der Waals surface area contributed by atoms with Crippen LogP contribution in [0.4, 0.5) is 0 Å². The summed E-state index contributed by atoms with van der Waals surface area (Å²) < 4.78 is 5.66. The third kappa shape index (κ3) is 3.34. The van der Waals surface area contributed by atoms with Crippen molar-refractivity contribution < 1.29 is 9.53 Å². The van der Waals surface area contributed by atoms with Crippen LogP contribution in [0.2, 0.25) is 0 Å². The van der Waals surface area contributed by atoms with Crippen LogP contribution in [0.1, 0.15) is 44.9 Å². The first-order chi connectivity index (χ1) is 9.84. The lowest BCUT2D eigenvalue weighted by Gasteiger charge is -2.44. The fourth-order valence-corrected chi connectivity index (χ4v) is 4.13. The smallest absolute Gasteiger partial charge is 0.310 e. The van der Waals surface area contributed by atoms with Crippen molar-refractivity contribution in [2.45, 2.75) is 51.0 Å². The Kier molecular flexibility index (Phi) is 4.94. The van der Waals surface area contributed by atoms with Crippen LogP contribution in [0.5, 0.6) is 0 Å². The third-order valence-electron chi connectivity index (χ3n) is 5.30. The van der Waals surface area contributed by atoms with Gasteiger partial charge in [0.1, 0.15) is 0 Å². The van der Waals surface area contributed by atoms with E-state index in [9.17, 15) is 4.79 Å². The summed E-state index contributed by atoms with van der Waals surface area (Å²) in [5.41, 5.74) is 0. The Morgan fingerprint density at radius 2 is 2.00 bits per heavy atom. The van der Waals surface area contributed by atoms with Gasteiger partial charge in [-0.05, 0) is 58.2 Å². The second-order valence-electron chi connectivity index (χ2n) is 6.67. The highest BCUT2D eigenvalue weighted by Gasteiger charge is 2.34. The topological polar surface area (TPSA) is 41.6 Å². The molecule has 3 saturated heterocycles. The van der Waals surface area contributed by atoms with Crippen molar-refractivity contribution in [1.29, 1.82) is 0 Å². The molecule has 3 aliphatic heterocycles. The summed E-state index contributed by atoms with van der Waals surface area (Å²) >= 11 is 0. The number of ether oxygens (including phenoxy) is 1. The molecule has 3 atom stereocenters. The van der Waals surface area contributed by atoms with Crippen LogP contribution in [0, 0.1) is 11.8 Å². The molecule has 20 heavy (non-hydrogen) atoms. The summed E-state index contributed by atoms with van der Waals surface area (Å²) in [7, 11) is 0. The van der Waals surface area contributed by atoms with Gasteiger partial charge < -0.3 is 10.1 Å². The van der Waals surface area contributed by atoms with Crippen LogP contribution in [0.15, 0.2) is 0 Å². The number of fused-ring (bicyclic) bond motifs is 1. The predicted octanol–water partition coefficient (Wildman–Crippen LogP) is 1.79. The summed E-state index contributed by atoms with van der Waals surface area (Å²) in [6.45, 7) is 5.00. The van der Waals surface area contributed by atoms with E-state index in [0.29, 0.717) is 18.6 Å². The maximum atomic E-state index is 12.1. The lowest BCUT2D eigenvalue weighted by Crippen LogP contribution is -2.49. The standard InChI is InChI=1S/C16H28N2O2/c19-16(13-5-3-8-17-11-13)20-12-14-6-4-10-18-9-2-1-7-15(14)18/h13-15,17H,1-12H2/t13-,14+,15-/m1/s1. The first-order valence-electron chi connectivity index (χ1n) is 8.46. The van der Waals surface area contributed by atoms with E-state index in [4.69, 9.17) is 4.74 Å². The molecule has 114 valence electrons. The van der Waals surface area contributed by atoms with E-state index < -0.39 is 0 Å². The SMILES string of the molecule is O=C(OC[C@@H]1CCCN2CCCC[C@H]12)[C@@H]1CCCNC1. The minimum atomic E-state index is 0.0325. The van der Waals surface area contributed by atoms with Crippen molar-refractivity contribution in [2.24, 2.45) is 11.8 Å². The van der Waals surface area contributed by atoms with Crippen molar-refractivity contribution in [3.05, 3.63) is 0 Å². The van der Waals surface area contributed by atoms with E-state index in [1.807, 2.05) is 0 Å². The molecule has 0 amide bonds. The molecular formula is C16H28N2O2. The largest absolute Gasteiger partial charge is 0.465 e. The highest BCUT2D eigenvalue weighted by molar-refractivity contribution is 5.72. The molecule has 3 aliphatic rings. The Morgan fingerprint density at radius 3 is 2.85 bits per heavy atom. The van der Waals surface area contributed by atoms with Crippen molar-refractivity contribution in [1.82, 2.24) is 10.2 Å². The van der Waals surface area contributed by atoms with Crippen LogP contribution in [-0.4, -0.2) is 49.7 Å². The van der Waals surface area contributed by atoms with Gasteiger partial charge in [0.25, 0.3) is 0 Å². The van der Waals surface area contributed by atoms with Gasteiger partial charge in [-0.25, -0.2) is 0 Å². The van der Waals surface area contributed by atoms with Crippen molar-refractivity contribution in [2.75, 3.05) is 32.8 Å².